The topological polar surface area (TPSA) is 47.0 Å². The number of hydrogen-bond donors (Lipinski definition) is 1. The molecule has 0 unspecified atom stereocenters. The molecule has 1 aromatic carbocycles. The van der Waals surface area contributed by atoms with Gasteiger partial charge in [0, 0.05) is 4.47 Å². The van der Waals surface area contributed by atoms with E-state index in [4.69, 9.17) is 16.3 Å². The van der Waals surface area contributed by atoms with Crippen molar-refractivity contribution in [1.82, 2.24) is 9.97 Å². The highest BCUT2D eigenvalue weighted by Gasteiger charge is 2.05. The molecular formula is C11H9BrClN3O. The average Bonchev–Trinajstić information content (AvgIpc) is 2.34. The quantitative estimate of drug-likeness (QED) is 0.939. The number of hydrogen-bond acceptors (Lipinski definition) is 4. The van der Waals surface area contributed by atoms with E-state index in [0.29, 0.717) is 16.7 Å². The molecule has 0 atom stereocenters. The van der Waals surface area contributed by atoms with Crippen LogP contribution in [0.3, 0.4) is 0 Å². The molecule has 0 saturated carbocycles. The monoisotopic (exact) mass is 313 g/mol. The molecule has 6 heteroatoms. The van der Waals surface area contributed by atoms with Gasteiger partial charge in [-0.05, 0) is 18.2 Å². The highest BCUT2D eigenvalue weighted by atomic mass is 79.9. The zero-order valence-corrected chi connectivity index (χ0v) is 11.3. The molecule has 0 saturated heterocycles. The number of anilines is 2. The maximum Gasteiger partial charge on any atom is 0.227 e. The van der Waals surface area contributed by atoms with Crippen molar-refractivity contribution in [3.05, 3.63) is 40.1 Å². The van der Waals surface area contributed by atoms with Gasteiger partial charge in [-0.15, -0.1) is 0 Å². The summed E-state index contributed by atoms with van der Waals surface area (Å²) in [5, 5.41) is 3.55. The number of ether oxygens (including phenoxy) is 1. The normalized spacial score (nSPS) is 10.1. The van der Waals surface area contributed by atoms with E-state index in [-0.39, 0.29) is 0 Å². The van der Waals surface area contributed by atoms with Gasteiger partial charge in [-0.1, -0.05) is 27.5 Å². The van der Waals surface area contributed by atoms with Crippen molar-refractivity contribution in [2.75, 3.05) is 12.4 Å². The Hall–Kier alpha value is -1.33. The minimum Gasteiger partial charge on any atom is -0.495 e. The summed E-state index contributed by atoms with van der Waals surface area (Å²) >= 11 is 9.09. The highest BCUT2D eigenvalue weighted by molar-refractivity contribution is 9.10. The van der Waals surface area contributed by atoms with Gasteiger partial charge in [-0.3, -0.25) is 0 Å². The Morgan fingerprint density at radius 3 is 2.65 bits per heavy atom. The summed E-state index contributed by atoms with van der Waals surface area (Å²) in [6.07, 6.45) is 3.06. The minimum atomic E-state index is 0.468. The van der Waals surface area contributed by atoms with Crippen LogP contribution in [0.25, 0.3) is 0 Å². The van der Waals surface area contributed by atoms with Gasteiger partial charge in [0.2, 0.25) is 5.95 Å². The Morgan fingerprint density at radius 1 is 1.29 bits per heavy atom. The minimum absolute atomic E-state index is 0.468. The Balaban J connectivity index is 2.26. The fourth-order valence-electron chi connectivity index (χ4n) is 1.27. The molecule has 4 nitrogen and oxygen atoms in total. The van der Waals surface area contributed by atoms with E-state index >= 15 is 0 Å². The summed E-state index contributed by atoms with van der Waals surface area (Å²) in [6.45, 7) is 0. The SMILES string of the molecule is COc1cc(Br)ccc1Nc1ncc(Cl)cn1. The summed E-state index contributed by atoms with van der Waals surface area (Å²) in [5.74, 6) is 1.17. The second-order valence-electron chi connectivity index (χ2n) is 3.19. The van der Waals surface area contributed by atoms with E-state index in [0.717, 1.165) is 10.2 Å². The van der Waals surface area contributed by atoms with E-state index in [1.807, 2.05) is 18.2 Å². The van der Waals surface area contributed by atoms with Crippen LogP contribution in [0.2, 0.25) is 5.02 Å². The lowest BCUT2D eigenvalue weighted by Gasteiger charge is -2.09. The van der Waals surface area contributed by atoms with Crippen LogP contribution in [0.5, 0.6) is 5.75 Å². The predicted molar refractivity (Wildman–Crippen MR) is 71.0 cm³/mol. The lowest BCUT2D eigenvalue weighted by molar-refractivity contribution is 0.416. The molecular weight excluding hydrogens is 305 g/mol. The van der Waals surface area contributed by atoms with Crippen molar-refractivity contribution >= 4 is 39.2 Å². The summed E-state index contributed by atoms with van der Waals surface area (Å²) in [4.78, 5) is 8.10. The first-order valence-electron chi connectivity index (χ1n) is 4.77. The first-order chi connectivity index (χ1) is 8.19. The third-order valence-electron chi connectivity index (χ3n) is 2.03. The maximum atomic E-state index is 5.71. The van der Waals surface area contributed by atoms with Crippen LogP contribution in [-0.4, -0.2) is 17.1 Å². The molecule has 1 aromatic heterocycles. The van der Waals surface area contributed by atoms with Crippen molar-refractivity contribution in [2.24, 2.45) is 0 Å². The molecule has 2 aromatic rings. The molecule has 0 amide bonds. The van der Waals surface area contributed by atoms with Gasteiger partial charge < -0.3 is 10.1 Å². The largest absolute Gasteiger partial charge is 0.495 e. The van der Waals surface area contributed by atoms with E-state index in [9.17, 15) is 0 Å². The number of aromatic nitrogens is 2. The van der Waals surface area contributed by atoms with E-state index < -0.39 is 0 Å². The lowest BCUT2D eigenvalue weighted by atomic mass is 10.3. The second kappa shape index (κ2) is 5.33. The Kier molecular flexibility index (Phi) is 3.81. The Labute approximate surface area is 112 Å². The second-order valence-corrected chi connectivity index (χ2v) is 4.55. The van der Waals surface area contributed by atoms with Gasteiger partial charge in [0.05, 0.1) is 30.2 Å². The van der Waals surface area contributed by atoms with Crippen molar-refractivity contribution in [1.29, 1.82) is 0 Å². The zero-order chi connectivity index (χ0) is 12.3. The van der Waals surface area contributed by atoms with Gasteiger partial charge in [0.15, 0.2) is 0 Å². The molecule has 0 spiro atoms. The third kappa shape index (κ3) is 3.08. The van der Waals surface area contributed by atoms with E-state index in [1.54, 1.807) is 7.11 Å². The standard InChI is InChI=1S/C11H9BrClN3O/c1-17-10-4-7(12)2-3-9(10)16-11-14-5-8(13)6-15-11/h2-6H,1H3,(H,14,15,16). The molecule has 88 valence electrons. The van der Waals surface area contributed by atoms with E-state index in [2.05, 4.69) is 31.2 Å². The number of methoxy groups -OCH3 is 1. The van der Waals surface area contributed by atoms with Crippen molar-refractivity contribution in [3.8, 4) is 5.75 Å². The highest BCUT2D eigenvalue weighted by Crippen LogP contribution is 2.29. The fraction of sp³-hybridized carbons (Fsp3) is 0.0909. The third-order valence-corrected chi connectivity index (χ3v) is 2.72. The van der Waals surface area contributed by atoms with Crippen molar-refractivity contribution in [3.63, 3.8) is 0 Å². The summed E-state index contributed by atoms with van der Waals surface area (Å²) < 4.78 is 6.19. The summed E-state index contributed by atoms with van der Waals surface area (Å²) in [6, 6.07) is 5.64. The number of nitrogens with zero attached hydrogens (tertiary/aromatic N) is 2. The molecule has 0 fully saturated rings. The van der Waals surface area contributed by atoms with Crippen LogP contribution in [0.4, 0.5) is 11.6 Å². The summed E-state index contributed by atoms with van der Waals surface area (Å²) in [5.41, 5.74) is 0.790. The van der Waals surface area contributed by atoms with Crippen LogP contribution < -0.4 is 10.1 Å². The Morgan fingerprint density at radius 2 is 2.00 bits per heavy atom. The maximum absolute atomic E-state index is 5.71. The van der Waals surface area contributed by atoms with Crippen LogP contribution in [-0.2, 0) is 0 Å². The molecule has 0 radical (unpaired) electrons. The zero-order valence-electron chi connectivity index (χ0n) is 8.95. The first kappa shape index (κ1) is 12.1. The van der Waals surface area contributed by atoms with Crippen LogP contribution >= 0.6 is 27.5 Å². The molecule has 0 bridgehead atoms. The van der Waals surface area contributed by atoms with Crippen molar-refractivity contribution < 1.29 is 4.74 Å². The van der Waals surface area contributed by atoms with Crippen molar-refractivity contribution in [2.45, 2.75) is 0 Å². The molecule has 0 aliphatic rings. The number of rotatable bonds is 3. The number of halogens is 2. The molecule has 0 aliphatic heterocycles. The smallest absolute Gasteiger partial charge is 0.227 e. The first-order valence-corrected chi connectivity index (χ1v) is 5.94. The van der Waals surface area contributed by atoms with Gasteiger partial charge in [-0.25, -0.2) is 9.97 Å². The number of benzene rings is 1. The molecule has 2 rings (SSSR count). The van der Waals surface area contributed by atoms with Crippen LogP contribution in [0.1, 0.15) is 0 Å². The lowest BCUT2D eigenvalue weighted by Crippen LogP contribution is -1.98. The van der Waals surface area contributed by atoms with Gasteiger partial charge in [-0.2, -0.15) is 0 Å². The Bertz CT molecular complexity index is 519. The van der Waals surface area contributed by atoms with Crippen LogP contribution in [0.15, 0.2) is 35.1 Å². The van der Waals surface area contributed by atoms with Gasteiger partial charge in [0.25, 0.3) is 0 Å². The molecule has 0 aliphatic carbocycles. The average molecular weight is 315 g/mol. The van der Waals surface area contributed by atoms with Crippen LogP contribution in [0, 0.1) is 0 Å². The van der Waals surface area contributed by atoms with Gasteiger partial charge >= 0.3 is 0 Å². The van der Waals surface area contributed by atoms with Gasteiger partial charge in [0.1, 0.15) is 5.75 Å². The number of nitrogens with one attached hydrogen (secondary N) is 1. The predicted octanol–water partition coefficient (Wildman–Crippen LogP) is 3.64. The summed E-state index contributed by atoms with van der Waals surface area (Å²) in [7, 11) is 1.61. The fourth-order valence-corrected chi connectivity index (χ4v) is 1.70. The molecule has 17 heavy (non-hydrogen) atoms. The molecule has 1 heterocycles. The van der Waals surface area contributed by atoms with E-state index in [1.165, 1.54) is 12.4 Å². The molecule has 1 N–H and O–H groups in total.